The summed E-state index contributed by atoms with van der Waals surface area (Å²) in [4.78, 5) is 10.9. The van der Waals surface area contributed by atoms with Crippen molar-refractivity contribution in [1.82, 2.24) is 19.7 Å². The summed E-state index contributed by atoms with van der Waals surface area (Å²) in [5.41, 5.74) is 2.13. The Morgan fingerprint density at radius 3 is 2.83 bits per heavy atom. The molecule has 2 aromatic heterocycles. The minimum Gasteiger partial charge on any atom is -0.359 e. The summed E-state index contributed by atoms with van der Waals surface area (Å²) in [6.45, 7) is 1.46. The molecule has 3 rings (SSSR count). The largest absolute Gasteiger partial charge is 0.359 e. The Labute approximate surface area is 141 Å². The first kappa shape index (κ1) is 15.9. The van der Waals surface area contributed by atoms with Crippen LogP contribution in [-0.2, 0) is 13.0 Å². The topological polar surface area (TPSA) is 70.6 Å². The number of anilines is 1. The number of aryl methyl sites for hydroxylation is 2. The van der Waals surface area contributed by atoms with Crippen LogP contribution in [0.25, 0.3) is 11.0 Å². The van der Waals surface area contributed by atoms with Crippen molar-refractivity contribution < 1.29 is 0 Å². The summed E-state index contributed by atoms with van der Waals surface area (Å²) < 4.78 is 1.77. The zero-order valence-corrected chi connectivity index (χ0v) is 13.8. The van der Waals surface area contributed by atoms with Crippen LogP contribution in [0.3, 0.4) is 0 Å². The summed E-state index contributed by atoms with van der Waals surface area (Å²) >= 11 is 0. The van der Waals surface area contributed by atoms with Crippen molar-refractivity contribution in [1.29, 1.82) is 5.26 Å². The van der Waals surface area contributed by atoms with Gasteiger partial charge >= 0.3 is 0 Å². The molecule has 0 unspecified atom stereocenters. The molecule has 0 N–H and O–H groups in total. The van der Waals surface area contributed by atoms with E-state index in [9.17, 15) is 0 Å². The second-order valence-electron chi connectivity index (χ2n) is 5.72. The molecule has 0 amide bonds. The average molecular weight is 320 g/mol. The van der Waals surface area contributed by atoms with Gasteiger partial charge in [-0.05, 0) is 18.4 Å². The maximum absolute atomic E-state index is 8.74. The Bertz CT molecular complexity index is 834. The van der Waals surface area contributed by atoms with Crippen molar-refractivity contribution in [2.45, 2.75) is 25.8 Å². The second-order valence-corrected chi connectivity index (χ2v) is 5.72. The van der Waals surface area contributed by atoms with Crippen LogP contribution in [0.15, 0.2) is 42.9 Å². The van der Waals surface area contributed by atoms with E-state index in [0.717, 1.165) is 36.2 Å². The van der Waals surface area contributed by atoms with Gasteiger partial charge in [-0.1, -0.05) is 30.3 Å². The van der Waals surface area contributed by atoms with Gasteiger partial charge in [-0.15, -0.1) is 0 Å². The number of hydrogen-bond donors (Lipinski definition) is 0. The summed E-state index contributed by atoms with van der Waals surface area (Å²) in [6.07, 6.45) is 5.87. The molecule has 0 aliphatic carbocycles. The Morgan fingerprint density at radius 1 is 1.21 bits per heavy atom. The molecule has 0 spiro atoms. The molecule has 1 aromatic carbocycles. The Balaban J connectivity index is 1.69. The normalized spacial score (nSPS) is 10.7. The van der Waals surface area contributed by atoms with Crippen molar-refractivity contribution in [3.8, 4) is 6.07 Å². The van der Waals surface area contributed by atoms with Gasteiger partial charge in [-0.3, -0.25) is 0 Å². The maximum atomic E-state index is 8.74. The number of nitriles is 1. The Morgan fingerprint density at radius 2 is 2.04 bits per heavy atom. The van der Waals surface area contributed by atoms with Crippen molar-refractivity contribution in [2.24, 2.45) is 0 Å². The van der Waals surface area contributed by atoms with Gasteiger partial charge in [0.05, 0.1) is 30.6 Å². The van der Waals surface area contributed by atoms with Gasteiger partial charge in [0, 0.05) is 13.6 Å². The highest BCUT2D eigenvalue weighted by molar-refractivity contribution is 5.86. The average Bonchev–Trinajstić information content (AvgIpc) is 3.04. The van der Waals surface area contributed by atoms with Crippen LogP contribution in [0.2, 0.25) is 0 Å². The maximum Gasteiger partial charge on any atom is 0.163 e. The van der Waals surface area contributed by atoms with Crippen molar-refractivity contribution in [2.75, 3.05) is 18.5 Å². The number of aromatic nitrogens is 4. The summed E-state index contributed by atoms with van der Waals surface area (Å²) in [5.74, 6) is 0.885. The number of fused-ring (bicyclic) bond motifs is 1. The lowest BCUT2D eigenvalue weighted by Crippen LogP contribution is -2.20. The van der Waals surface area contributed by atoms with Crippen LogP contribution in [0.4, 0.5) is 5.82 Å². The quantitative estimate of drug-likeness (QED) is 0.669. The fraction of sp³-hybridized carbons (Fsp3) is 0.333. The van der Waals surface area contributed by atoms with Crippen LogP contribution >= 0.6 is 0 Å². The molecule has 3 aromatic rings. The van der Waals surface area contributed by atoms with E-state index < -0.39 is 0 Å². The van der Waals surface area contributed by atoms with Gasteiger partial charge in [0.25, 0.3) is 0 Å². The highest BCUT2D eigenvalue weighted by atomic mass is 15.3. The van der Waals surface area contributed by atoms with Crippen molar-refractivity contribution in [3.05, 3.63) is 48.4 Å². The molecule has 0 atom stereocenters. The summed E-state index contributed by atoms with van der Waals surface area (Å²) in [5, 5.41) is 14.0. The van der Waals surface area contributed by atoms with Crippen LogP contribution in [0.1, 0.15) is 18.4 Å². The van der Waals surface area contributed by atoms with Gasteiger partial charge in [0.2, 0.25) is 0 Å². The summed E-state index contributed by atoms with van der Waals surface area (Å²) in [6, 6.07) is 12.6. The first-order valence-electron chi connectivity index (χ1n) is 8.08. The van der Waals surface area contributed by atoms with Crippen LogP contribution in [-0.4, -0.2) is 33.3 Å². The molecule has 0 bridgehead atoms. The van der Waals surface area contributed by atoms with E-state index in [-0.39, 0.29) is 0 Å². The molecule has 0 saturated heterocycles. The Hall–Kier alpha value is -2.94. The summed E-state index contributed by atoms with van der Waals surface area (Å²) in [7, 11) is 2.04. The minimum atomic E-state index is 0.420. The lowest BCUT2D eigenvalue weighted by atomic mass is 10.1. The van der Waals surface area contributed by atoms with E-state index in [0.29, 0.717) is 13.0 Å². The molecular formula is C18H20N6. The van der Waals surface area contributed by atoms with Gasteiger partial charge in [0.1, 0.15) is 12.1 Å². The predicted octanol–water partition coefficient (Wildman–Crippen LogP) is 2.81. The highest BCUT2D eigenvalue weighted by Gasteiger charge is 2.12. The van der Waals surface area contributed by atoms with Crippen molar-refractivity contribution in [3.63, 3.8) is 0 Å². The number of benzene rings is 1. The first-order valence-corrected chi connectivity index (χ1v) is 8.08. The first-order chi connectivity index (χ1) is 11.8. The molecule has 0 saturated carbocycles. The molecule has 122 valence electrons. The lowest BCUT2D eigenvalue weighted by molar-refractivity contribution is 0.643. The fourth-order valence-electron chi connectivity index (χ4n) is 2.78. The lowest BCUT2D eigenvalue weighted by Gasteiger charge is -2.18. The molecule has 0 radical (unpaired) electrons. The van der Waals surface area contributed by atoms with Crippen molar-refractivity contribution >= 4 is 16.9 Å². The minimum absolute atomic E-state index is 0.420. The highest BCUT2D eigenvalue weighted by Crippen LogP contribution is 2.22. The van der Waals surface area contributed by atoms with E-state index in [1.807, 2.05) is 13.1 Å². The molecule has 0 aliphatic rings. The molecule has 6 heteroatoms. The Kier molecular flexibility index (Phi) is 5.02. The molecule has 6 nitrogen and oxygen atoms in total. The van der Waals surface area contributed by atoms with Crippen LogP contribution in [0, 0.1) is 11.3 Å². The molecule has 0 aliphatic heterocycles. The fourth-order valence-corrected chi connectivity index (χ4v) is 2.78. The smallest absolute Gasteiger partial charge is 0.163 e. The van der Waals surface area contributed by atoms with Crippen LogP contribution < -0.4 is 4.90 Å². The standard InChI is InChI=1S/C18H20N6/c1-23(11-5-9-15-7-3-2-4-8-15)17-16-13-22-24(12-6-10-19)18(16)21-14-20-17/h2-4,7-8,13-14H,5-6,9,11-12H2,1H3. The van der Waals surface area contributed by atoms with E-state index in [2.05, 4.69) is 50.3 Å². The van der Waals surface area contributed by atoms with Gasteiger partial charge < -0.3 is 4.90 Å². The molecule has 0 fully saturated rings. The predicted molar refractivity (Wildman–Crippen MR) is 93.6 cm³/mol. The monoisotopic (exact) mass is 320 g/mol. The third kappa shape index (κ3) is 3.51. The SMILES string of the molecule is CN(CCCc1ccccc1)c1ncnc2c1cnn2CCC#N. The number of rotatable bonds is 7. The molecule has 24 heavy (non-hydrogen) atoms. The van der Waals surface area contributed by atoms with E-state index in [1.54, 1.807) is 17.2 Å². The zero-order valence-electron chi connectivity index (χ0n) is 13.8. The van der Waals surface area contributed by atoms with Crippen LogP contribution in [0.5, 0.6) is 0 Å². The second kappa shape index (κ2) is 7.55. The van der Waals surface area contributed by atoms with Gasteiger partial charge in [0.15, 0.2) is 5.65 Å². The number of hydrogen-bond acceptors (Lipinski definition) is 5. The number of nitrogens with zero attached hydrogens (tertiary/aromatic N) is 6. The van der Waals surface area contributed by atoms with E-state index in [4.69, 9.17) is 5.26 Å². The van der Waals surface area contributed by atoms with Gasteiger partial charge in [-0.2, -0.15) is 10.4 Å². The molecular weight excluding hydrogens is 300 g/mol. The third-order valence-electron chi connectivity index (χ3n) is 4.01. The van der Waals surface area contributed by atoms with E-state index >= 15 is 0 Å². The third-order valence-corrected chi connectivity index (χ3v) is 4.01. The molecule has 2 heterocycles. The van der Waals surface area contributed by atoms with Gasteiger partial charge in [-0.25, -0.2) is 14.6 Å². The van der Waals surface area contributed by atoms with E-state index in [1.165, 1.54) is 5.56 Å². The zero-order chi connectivity index (χ0) is 16.8.